The van der Waals surface area contributed by atoms with Crippen LogP contribution < -0.4 is 0 Å². The number of hydrogen-bond acceptors (Lipinski definition) is 1. The first-order valence-corrected chi connectivity index (χ1v) is 4.32. The van der Waals surface area contributed by atoms with E-state index in [1.54, 1.807) is 12.4 Å². The molecule has 0 N–H and O–H groups in total. The van der Waals surface area contributed by atoms with Crippen molar-refractivity contribution in [3.8, 4) is 0 Å². The van der Waals surface area contributed by atoms with E-state index in [1.165, 1.54) is 5.56 Å². The molecule has 1 rings (SSSR count). The fourth-order valence-electron chi connectivity index (χ4n) is 0.992. The average Bonchev–Trinajstić information content (AvgIpc) is 2.07. The summed E-state index contributed by atoms with van der Waals surface area (Å²) in [5.74, 6) is 0. The molecule has 2 heteroatoms. The molecule has 60 valence electrons. The van der Waals surface area contributed by atoms with Gasteiger partial charge in [-0.2, -0.15) is 0 Å². The summed E-state index contributed by atoms with van der Waals surface area (Å²) < 4.78 is 0. The van der Waals surface area contributed by atoms with Crippen LogP contribution in [0.3, 0.4) is 0 Å². The zero-order valence-corrected chi connectivity index (χ0v) is 7.38. The lowest BCUT2D eigenvalue weighted by Gasteiger charge is -2.06. The van der Waals surface area contributed by atoms with E-state index in [0.29, 0.717) is 0 Å². The highest BCUT2D eigenvalue weighted by molar-refractivity contribution is 6.20. The van der Waals surface area contributed by atoms with Gasteiger partial charge in [0.2, 0.25) is 0 Å². The summed E-state index contributed by atoms with van der Waals surface area (Å²) in [5.41, 5.74) is 1.17. The summed E-state index contributed by atoms with van der Waals surface area (Å²) in [5, 5.41) is 0.156. The zero-order valence-electron chi connectivity index (χ0n) is 6.63. The number of nitrogens with zero attached hydrogens (tertiary/aromatic N) is 1. The molecular formula is C9H12ClN. The standard InChI is InChI=1S/C9H12ClN/c1-2-3-9(10)8-4-6-11-7-5-8/h4-7,9H,2-3H2,1H3/t9-/m1/s1. The van der Waals surface area contributed by atoms with Gasteiger partial charge >= 0.3 is 0 Å². The van der Waals surface area contributed by atoms with E-state index in [0.717, 1.165) is 12.8 Å². The molecule has 1 aromatic heterocycles. The summed E-state index contributed by atoms with van der Waals surface area (Å²) >= 11 is 6.08. The highest BCUT2D eigenvalue weighted by Crippen LogP contribution is 2.24. The van der Waals surface area contributed by atoms with Gasteiger partial charge in [0.15, 0.2) is 0 Å². The Morgan fingerprint density at radius 1 is 1.45 bits per heavy atom. The van der Waals surface area contributed by atoms with Crippen molar-refractivity contribution >= 4 is 11.6 Å². The first-order chi connectivity index (χ1) is 5.34. The quantitative estimate of drug-likeness (QED) is 0.634. The Morgan fingerprint density at radius 2 is 2.09 bits per heavy atom. The molecule has 0 aliphatic rings. The number of pyridine rings is 1. The highest BCUT2D eigenvalue weighted by Gasteiger charge is 2.04. The Bertz CT molecular complexity index is 198. The van der Waals surface area contributed by atoms with Crippen LogP contribution in [0.15, 0.2) is 24.5 Å². The molecule has 0 aliphatic heterocycles. The Balaban J connectivity index is 2.61. The van der Waals surface area contributed by atoms with Crippen molar-refractivity contribution in [3.05, 3.63) is 30.1 Å². The van der Waals surface area contributed by atoms with Gasteiger partial charge in [-0.1, -0.05) is 13.3 Å². The minimum absolute atomic E-state index is 0.156. The first-order valence-electron chi connectivity index (χ1n) is 3.88. The number of alkyl halides is 1. The van der Waals surface area contributed by atoms with Gasteiger partial charge in [0.25, 0.3) is 0 Å². The second kappa shape index (κ2) is 4.35. The van der Waals surface area contributed by atoms with Crippen LogP contribution in [0, 0.1) is 0 Å². The van der Waals surface area contributed by atoms with Gasteiger partial charge in [0, 0.05) is 12.4 Å². The number of hydrogen-bond donors (Lipinski definition) is 0. The van der Waals surface area contributed by atoms with Crippen LogP contribution in [0.1, 0.15) is 30.7 Å². The van der Waals surface area contributed by atoms with Gasteiger partial charge in [-0.05, 0) is 24.1 Å². The molecule has 11 heavy (non-hydrogen) atoms. The van der Waals surface area contributed by atoms with Gasteiger partial charge in [0.05, 0.1) is 5.38 Å². The SMILES string of the molecule is CCC[C@@H](Cl)c1ccncc1. The van der Waals surface area contributed by atoms with Crippen molar-refractivity contribution in [1.29, 1.82) is 0 Å². The lowest BCUT2D eigenvalue weighted by molar-refractivity contribution is 0.769. The van der Waals surface area contributed by atoms with Crippen molar-refractivity contribution in [3.63, 3.8) is 0 Å². The van der Waals surface area contributed by atoms with Crippen LogP contribution in [0.25, 0.3) is 0 Å². The summed E-state index contributed by atoms with van der Waals surface area (Å²) in [6.07, 6.45) is 5.71. The van der Waals surface area contributed by atoms with Crippen LogP contribution >= 0.6 is 11.6 Å². The Hall–Kier alpha value is -0.560. The van der Waals surface area contributed by atoms with E-state index in [1.807, 2.05) is 12.1 Å². The maximum atomic E-state index is 6.08. The summed E-state index contributed by atoms with van der Waals surface area (Å²) in [4.78, 5) is 3.93. The predicted molar refractivity (Wildman–Crippen MR) is 47.7 cm³/mol. The maximum Gasteiger partial charge on any atom is 0.0586 e. The molecule has 1 atom stereocenters. The Morgan fingerprint density at radius 3 is 2.64 bits per heavy atom. The highest BCUT2D eigenvalue weighted by atomic mass is 35.5. The largest absolute Gasteiger partial charge is 0.265 e. The van der Waals surface area contributed by atoms with Gasteiger partial charge in [-0.25, -0.2) is 0 Å². The predicted octanol–water partition coefficient (Wildman–Crippen LogP) is 3.16. The molecule has 0 radical (unpaired) electrons. The maximum absolute atomic E-state index is 6.08. The molecular weight excluding hydrogens is 158 g/mol. The van der Waals surface area contributed by atoms with E-state index in [9.17, 15) is 0 Å². The summed E-state index contributed by atoms with van der Waals surface area (Å²) in [6.45, 7) is 2.14. The molecule has 1 aromatic rings. The van der Waals surface area contributed by atoms with Crippen molar-refractivity contribution in [2.75, 3.05) is 0 Å². The van der Waals surface area contributed by atoms with Gasteiger partial charge in [-0.3, -0.25) is 4.98 Å². The summed E-state index contributed by atoms with van der Waals surface area (Å²) in [7, 11) is 0. The van der Waals surface area contributed by atoms with Crippen molar-refractivity contribution in [2.24, 2.45) is 0 Å². The molecule has 0 aliphatic carbocycles. The number of rotatable bonds is 3. The molecule has 0 spiro atoms. The minimum atomic E-state index is 0.156. The molecule has 1 heterocycles. The third-order valence-electron chi connectivity index (χ3n) is 1.61. The Labute approximate surface area is 72.4 Å². The van der Waals surface area contributed by atoms with Crippen molar-refractivity contribution in [2.45, 2.75) is 25.1 Å². The molecule has 0 aromatic carbocycles. The van der Waals surface area contributed by atoms with Crippen LogP contribution in [0.5, 0.6) is 0 Å². The second-order valence-corrected chi connectivity index (χ2v) is 3.06. The average molecular weight is 170 g/mol. The van der Waals surface area contributed by atoms with Crippen molar-refractivity contribution in [1.82, 2.24) is 4.98 Å². The molecule has 0 amide bonds. The lowest BCUT2D eigenvalue weighted by atomic mass is 10.1. The van der Waals surface area contributed by atoms with Crippen LogP contribution in [0.2, 0.25) is 0 Å². The molecule has 0 unspecified atom stereocenters. The minimum Gasteiger partial charge on any atom is -0.265 e. The first kappa shape index (κ1) is 8.54. The van der Waals surface area contributed by atoms with E-state index in [-0.39, 0.29) is 5.38 Å². The van der Waals surface area contributed by atoms with Gasteiger partial charge < -0.3 is 0 Å². The van der Waals surface area contributed by atoms with E-state index >= 15 is 0 Å². The Kier molecular flexibility index (Phi) is 3.37. The monoisotopic (exact) mass is 169 g/mol. The topological polar surface area (TPSA) is 12.9 Å². The smallest absolute Gasteiger partial charge is 0.0586 e. The van der Waals surface area contributed by atoms with Crippen molar-refractivity contribution < 1.29 is 0 Å². The summed E-state index contributed by atoms with van der Waals surface area (Å²) in [6, 6.07) is 3.93. The van der Waals surface area contributed by atoms with Crippen LogP contribution in [-0.2, 0) is 0 Å². The lowest BCUT2D eigenvalue weighted by Crippen LogP contribution is -1.88. The normalized spacial score (nSPS) is 12.9. The zero-order chi connectivity index (χ0) is 8.10. The molecule has 0 fully saturated rings. The molecule has 0 bridgehead atoms. The number of aromatic nitrogens is 1. The molecule has 1 nitrogen and oxygen atoms in total. The molecule has 0 saturated heterocycles. The van der Waals surface area contributed by atoms with E-state index in [2.05, 4.69) is 11.9 Å². The number of halogens is 1. The second-order valence-electron chi connectivity index (χ2n) is 2.54. The fraction of sp³-hybridized carbons (Fsp3) is 0.444. The van der Waals surface area contributed by atoms with E-state index in [4.69, 9.17) is 11.6 Å². The fourth-order valence-corrected chi connectivity index (χ4v) is 1.36. The third-order valence-corrected chi connectivity index (χ3v) is 2.08. The van der Waals surface area contributed by atoms with E-state index < -0.39 is 0 Å². The van der Waals surface area contributed by atoms with Gasteiger partial charge in [-0.15, -0.1) is 11.6 Å². The van der Waals surface area contributed by atoms with Gasteiger partial charge in [0.1, 0.15) is 0 Å². The third kappa shape index (κ3) is 2.51. The molecule has 0 saturated carbocycles. The van der Waals surface area contributed by atoms with Crippen LogP contribution in [0.4, 0.5) is 0 Å². The van der Waals surface area contributed by atoms with Crippen LogP contribution in [-0.4, -0.2) is 4.98 Å².